The van der Waals surface area contributed by atoms with Crippen LogP contribution in [0, 0.1) is 11.7 Å². The fraction of sp³-hybridized carbons (Fsp3) is 0.385. The molecule has 0 fully saturated rings. The Balaban J connectivity index is 2.09. The van der Waals surface area contributed by atoms with Gasteiger partial charge in [-0.1, -0.05) is 13.8 Å². The third-order valence-electron chi connectivity index (χ3n) is 2.64. The van der Waals surface area contributed by atoms with Gasteiger partial charge in [0.25, 0.3) is 0 Å². The van der Waals surface area contributed by atoms with Gasteiger partial charge in [-0.25, -0.2) is 14.1 Å². The van der Waals surface area contributed by atoms with Gasteiger partial charge in [-0.05, 0) is 27.9 Å². The van der Waals surface area contributed by atoms with Gasteiger partial charge in [0.05, 0.1) is 10.2 Å². The number of anilines is 1. The van der Waals surface area contributed by atoms with Crippen molar-refractivity contribution in [1.29, 1.82) is 0 Å². The summed E-state index contributed by atoms with van der Waals surface area (Å²) in [6, 6.07) is 2.73. The van der Waals surface area contributed by atoms with Crippen LogP contribution in [0.5, 0.6) is 5.75 Å². The zero-order valence-electron chi connectivity index (χ0n) is 11.3. The minimum absolute atomic E-state index is 0.192. The molecule has 0 spiro atoms. The molecule has 0 aliphatic heterocycles. The summed E-state index contributed by atoms with van der Waals surface area (Å²) >= 11 is 3.07. The largest absolute Gasteiger partial charge is 0.483 e. The zero-order chi connectivity index (χ0) is 14.7. The number of hydrogen-bond donors (Lipinski definition) is 1. The first-order valence-corrected chi connectivity index (χ1v) is 7.00. The number of ether oxygens (including phenoxy) is 1. The molecule has 0 amide bonds. The molecule has 20 heavy (non-hydrogen) atoms. The minimum Gasteiger partial charge on any atom is -0.483 e. The molecule has 0 aliphatic rings. The minimum atomic E-state index is -0.419. The molecule has 2 rings (SSSR count). The zero-order valence-corrected chi connectivity index (χ0v) is 12.9. The van der Waals surface area contributed by atoms with Crippen LogP contribution in [-0.4, -0.2) is 14.8 Å². The van der Waals surface area contributed by atoms with E-state index in [2.05, 4.69) is 39.9 Å². The first-order valence-electron chi connectivity index (χ1n) is 6.21. The molecule has 0 saturated carbocycles. The Morgan fingerprint density at radius 1 is 1.45 bits per heavy atom. The Kier molecular flexibility index (Phi) is 4.59. The standard InChI is InChI=1S/C13H16BrFN4O/c1-8(2)5-19-13(17-7-18-19)6-20-12-4-10(15)9(14)3-11(12)16/h3-4,7-8H,5-6,16H2,1-2H3. The molecule has 0 radical (unpaired) electrons. The van der Waals surface area contributed by atoms with E-state index in [0.717, 1.165) is 6.54 Å². The monoisotopic (exact) mass is 342 g/mol. The maximum absolute atomic E-state index is 13.5. The van der Waals surface area contributed by atoms with E-state index in [1.807, 2.05) is 0 Å². The summed E-state index contributed by atoms with van der Waals surface area (Å²) in [4.78, 5) is 4.14. The van der Waals surface area contributed by atoms with Crippen LogP contribution in [0.25, 0.3) is 0 Å². The van der Waals surface area contributed by atoms with Gasteiger partial charge in [-0.2, -0.15) is 5.10 Å². The molecule has 1 heterocycles. The predicted octanol–water partition coefficient (Wildman–Crippen LogP) is 3.00. The van der Waals surface area contributed by atoms with Gasteiger partial charge in [-0.3, -0.25) is 0 Å². The number of rotatable bonds is 5. The van der Waals surface area contributed by atoms with Crippen molar-refractivity contribution in [2.45, 2.75) is 27.0 Å². The molecule has 0 aliphatic carbocycles. The van der Waals surface area contributed by atoms with Gasteiger partial charge < -0.3 is 10.5 Å². The Labute approximate surface area is 125 Å². The average molecular weight is 343 g/mol. The first kappa shape index (κ1) is 14.8. The van der Waals surface area contributed by atoms with Crippen molar-refractivity contribution in [2.75, 3.05) is 5.73 Å². The summed E-state index contributed by atoms with van der Waals surface area (Å²) < 4.78 is 21.1. The van der Waals surface area contributed by atoms with Gasteiger partial charge >= 0.3 is 0 Å². The lowest BCUT2D eigenvalue weighted by Gasteiger charge is -2.11. The highest BCUT2D eigenvalue weighted by atomic mass is 79.9. The number of nitrogen functional groups attached to an aromatic ring is 1. The second kappa shape index (κ2) is 6.21. The summed E-state index contributed by atoms with van der Waals surface area (Å²) in [6.45, 7) is 5.13. The van der Waals surface area contributed by atoms with Gasteiger partial charge in [0.2, 0.25) is 0 Å². The number of hydrogen-bond acceptors (Lipinski definition) is 4. The highest BCUT2D eigenvalue weighted by molar-refractivity contribution is 9.10. The van der Waals surface area contributed by atoms with Crippen LogP contribution >= 0.6 is 15.9 Å². The van der Waals surface area contributed by atoms with E-state index in [1.165, 1.54) is 18.5 Å². The van der Waals surface area contributed by atoms with Crippen LogP contribution in [-0.2, 0) is 13.2 Å². The molecular formula is C13H16BrFN4O. The Bertz CT molecular complexity index is 600. The van der Waals surface area contributed by atoms with E-state index in [4.69, 9.17) is 10.5 Å². The Hall–Kier alpha value is -1.63. The summed E-state index contributed by atoms with van der Waals surface area (Å²) in [5.74, 6) is 1.01. The smallest absolute Gasteiger partial charge is 0.164 e. The lowest BCUT2D eigenvalue weighted by Crippen LogP contribution is -2.12. The van der Waals surface area contributed by atoms with Crippen molar-refractivity contribution in [3.05, 3.63) is 34.6 Å². The highest BCUT2D eigenvalue weighted by Crippen LogP contribution is 2.28. The molecular weight excluding hydrogens is 327 g/mol. The second-order valence-electron chi connectivity index (χ2n) is 4.85. The fourth-order valence-corrected chi connectivity index (χ4v) is 2.07. The van der Waals surface area contributed by atoms with E-state index in [-0.39, 0.29) is 6.61 Å². The van der Waals surface area contributed by atoms with Crippen molar-refractivity contribution in [3.63, 3.8) is 0 Å². The summed E-state index contributed by atoms with van der Waals surface area (Å²) in [6.07, 6.45) is 1.48. The molecule has 0 atom stereocenters. The van der Waals surface area contributed by atoms with E-state index in [0.29, 0.717) is 27.7 Å². The van der Waals surface area contributed by atoms with E-state index >= 15 is 0 Å². The Morgan fingerprint density at radius 3 is 2.90 bits per heavy atom. The van der Waals surface area contributed by atoms with Crippen LogP contribution in [0.1, 0.15) is 19.7 Å². The highest BCUT2D eigenvalue weighted by Gasteiger charge is 2.10. The lowest BCUT2D eigenvalue weighted by molar-refractivity contribution is 0.283. The quantitative estimate of drug-likeness (QED) is 0.848. The average Bonchev–Trinajstić information content (AvgIpc) is 2.79. The topological polar surface area (TPSA) is 66.0 Å². The van der Waals surface area contributed by atoms with Crippen LogP contribution < -0.4 is 10.5 Å². The normalized spacial score (nSPS) is 11.1. The van der Waals surface area contributed by atoms with Crippen molar-refractivity contribution < 1.29 is 9.13 Å². The fourth-order valence-electron chi connectivity index (χ4n) is 1.71. The number of halogens is 2. The third-order valence-corrected chi connectivity index (χ3v) is 3.25. The summed E-state index contributed by atoms with van der Waals surface area (Å²) in [7, 11) is 0. The summed E-state index contributed by atoms with van der Waals surface area (Å²) in [5.41, 5.74) is 6.15. The Morgan fingerprint density at radius 2 is 2.20 bits per heavy atom. The molecule has 5 nitrogen and oxygen atoms in total. The molecule has 0 saturated heterocycles. The van der Waals surface area contributed by atoms with Gasteiger partial charge in [0.1, 0.15) is 24.5 Å². The van der Waals surface area contributed by atoms with Gasteiger partial charge in [-0.15, -0.1) is 0 Å². The van der Waals surface area contributed by atoms with Crippen molar-refractivity contribution in [3.8, 4) is 5.75 Å². The number of nitrogens with zero attached hydrogens (tertiary/aromatic N) is 3. The van der Waals surface area contributed by atoms with Crippen LogP contribution in [0.4, 0.5) is 10.1 Å². The number of aromatic nitrogens is 3. The second-order valence-corrected chi connectivity index (χ2v) is 5.70. The number of benzene rings is 1. The van der Waals surface area contributed by atoms with Gasteiger partial charge in [0.15, 0.2) is 5.82 Å². The van der Waals surface area contributed by atoms with Crippen LogP contribution in [0.15, 0.2) is 22.9 Å². The maximum Gasteiger partial charge on any atom is 0.164 e. The predicted molar refractivity (Wildman–Crippen MR) is 77.7 cm³/mol. The van der Waals surface area contributed by atoms with Crippen molar-refractivity contribution in [2.24, 2.45) is 5.92 Å². The SMILES string of the molecule is CC(C)Cn1ncnc1COc1cc(F)c(Br)cc1N. The lowest BCUT2D eigenvalue weighted by atomic mass is 10.2. The molecule has 2 N–H and O–H groups in total. The van der Waals surface area contributed by atoms with E-state index in [9.17, 15) is 4.39 Å². The number of nitrogens with two attached hydrogens (primary N) is 1. The van der Waals surface area contributed by atoms with E-state index in [1.54, 1.807) is 4.68 Å². The van der Waals surface area contributed by atoms with Crippen LogP contribution in [0.3, 0.4) is 0 Å². The van der Waals surface area contributed by atoms with E-state index < -0.39 is 5.82 Å². The molecule has 7 heteroatoms. The molecule has 2 aromatic rings. The summed E-state index contributed by atoms with van der Waals surface area (Å²) in [5, 5.41) is 4.14. The first-order chi connectivity index (χ1) is 9.47. The molecule has 0 bridgehead atoms. The van der Waals surface area contributed by atoms with Crippen molar-refractivity contribution in [1.82, 2.24) is 14.8 Å². The van der Waals surface area contributed by atoms with Gasteiger partial charge in [0, 0.05) is 12.6 Å². The molecule has 1 aromatic carbocycles. The van der Waals surface area contributed by atoms with Crippen LogP contribution in [0.2, 0.25) is 0 Å². The molecule has 1 aromatic heterocycles. The third kappa shape index (κ3) is 3.47. The van der Waals surface area contributed by atoms with Crippen molar-refractivity contribution >= 4 is 21.6 Å². The maximum atomic E-state index is 13.5. The molecule has 0 unspecified atom stereocenters. The molecule has 108 valence electrons.